The molecular weight excluding hydrogens is 240 g/mol. The van der Waals surface area contributed by atoms with Gasteiger partial charge in [-0.1, -0.05) is 0 Å². The van der Waals surface area contributed by atoms with Crippen LogP contribution in [-0.4, -0.2) is 18.6 Å². The molecule has 0 saturated heterocycles. The summed E-state index contributed by atoms with van der Waals surface area (Å²) in [5.74, 6) is 3.07. The SMILES string of the molecule is COc1ccc(-c2nc3c(o2)CC(CN)CC3)cc1. The summed E-state index contributed by atoms with van der Waals surface area (Å²) in [6, 6.07) is 7.77. The molecule has 0 aliphatic heterocycles. The maximum absolute atomic E-state index is 5.89. The Morgan fingerprint density at radius 3 is 2.84 bits per heavy atom. The van der Waals surface area contributed by atoms with Crippen LogP contribution in [0.2, 0.25) is 0 Å². The molecule has 1 aliphatic rings. The van der Waals surface area contributed by atoms with Gasteiger partial charge in [-0.3, -0.25) is 0 Å². The lowest BCUT2D eigenvalue weighted by atomic mass is 9.91. The van der Waals surface area contributed by atoms with Gasteiger partial charge in [0.15, 0.2) is 0 Å². The molecule has 0 bridgehead atoms. The van der Waals surface area contributed by atoms with E-state index in [0.717, 1.165) is 48.6 Å². The number of aromatic nitrogens is 1. The fourth-order valence-electron chi connectivity index (χ4n) is 2.50. The van der Waals surface area contributed by atoms with Crippen molar-refractivity contribution in [2.45, 2.75) is 19.3 Å². The Hall–Kier alpha value is -1.81. The largest absolute Gasteiger partial charge is 0.497 e. The summed E-state index contributed by atoms with van der Waals surface area (Å²) < 4.78 is 11.0. The van der Waals surface area contributed by atoms with Crippen LogP contribution in [0.1, 0.15) is 17.9 Å². The predicted octanol–water partition coefficient (Wildman–Crippen LogP) is 2.41. The molecule has 0 spiro atoms. The topological polar surface area (TPSA) is 61.3 Å². The van der Waals surface area contributed by atoms with Crippen molar-refractivity contribution < 1.29 is 9.15 Å². The van der Waals surface area contributed by atoms with Crippen molar-refractivity contribution in [3.05, 3.63) is 35.7 Å². The molecule has 0 amide bonds. The second-order valence-corrected chi connectivity index (χ2v) is 4.96. The number of nitrogens with zero attached hydrogens (tertiary/aromatic N) is 1. The first-order valence-corrected chi connectivity index (χ1v) is 6.63. The highest BCUT2D eigenvalue weighted by Crippen LogP contribution is 2.30. The Balaban J connectivity index is 1.88. The van der Waals surface area contributed by atoms with Crippen LogP contribution in [0, 0.1) is 5.92 Å². The molecule has 19 heavy (non-hydrogen) atoms. The first-order valence-electron chi connectivity index (χ1n) is 6.63. The van der Waals surface area contributed by atoms with Gasteiger partial charge < -0.3 is 14.9 Å². The van der Waals surface area contributed by atoms with Crippen LogP contribution < -0.4 is 10.5 Å². The Bertz CT molecular complexity index is 560. The van der Waals surface area contributed by atoms with Crippen LogP contribution in [0.25, 0.3) is 11.5 Å². The molecule has 1 aromatic carbocycles. The minimum Gasteiger partial charge on any atom is -0.497 e. The highest BCUT2D eigenvalue weighted by molar-refractivity contribution is 5.55. The number of methoxy groups -OCH3 is 1. The molecule has 1 aromatic heterocycles. The third kappa shape index (κ3) is 2.36. The highest BCUT2D eigenvalue weighted by Gasteiger charge is 2.23. The van der Waals surface area contributed by atoms with Crippen molar-refractivity contribution in [2.24, 2.45) is 11.7 Å². The minimum atomic E-state index is 0.532. The molecule has 1 heterocycles. The molecule has 1 aliphatic carbocycles. The molecule has 1 unspecified atom stereocenters. The number of ether oxygens (including phenoxy) is 1. The highest BCUT2D eigenvalue weighted by atomic mass is 16.5. The third-order valence-corrected chi connectivity index (χ3v) is 3.71. The first kappa shape index (κ1) is 12.2. The van der Waals surface area contributed by atoms with Crippen LogP contribution >= 0.6 is 0 Å². The van der Waals surface area contributed by atoms with Gasteiger partial charge in [-0.2, -0.15) is 0 Å². The summed E-state index contributed by atoms with van der Waals surface area (Å²) >= 11 is 0. The molecule has 2 N–H and O–H groups in total. The molecule has 4 nitrogen and oxygen atoms in total. The number of nitrogens with two attached hydrogens (primary N) is 1. The van der Waals surface area contributed by atoms with Gasteiger partial charge in [-0.05, 0) is 49.6 Å². The number of fused-ring (bicyclic) bond motifs is 1. The second kappa shape index (κ2) is 5.05. The van der Waals surface area contributed by atoms with Crippen molar-refractivity contribution in [3.63, 3.8) is 0 Å². The number of oxazole rings is 1. The first-order chi connectivity index (χ1) is 9.30. The normalized spacial score (nSPS) is 18.1. The van der Waals surface area contributed by atoms with E-state index >= 15 is 0 Å². The molecule has 3 rings (SSSR count). The Morgan fingerprint density at radius 1 is 1.37 bits per heavy atom. The zero-order chi connectivity index (χ0) is 13.2. The van der Waals surface area contributed by atoms with Gasteiger partial charge in [0.2, 0.25) is 5.89 Å². The number of hydrogen-bond donors (Lipinski definition) is 1. The summed E-state index contributed by atoms with van der Waals surface area (Å²) in [5, 5.41) is 0. The van der Waals surface area contributed by atoms with E-state index in [1.807, 2.05) is 24.3 Å². The Labute approximate surface area is 112 Å². The van der Waals surface area contributed by atoms with Gasteiger partial charge in [-0.25, -0.2) is 4.98 Å². The lowest BCUT2D eigenvalue weighted by molar-refractivity contribution is 0.401. The van der Waals surface area contributed by atoms with Gasteiger partial charge in [0.1, 0.15) is 11.5 Å². The smallest absolute Gasteiger partial charge is 0.226 e. The van der Waals surface area contributed by atoms with Crippen LogP contribution in [0.3, 0.4) is 0 Å². The number of benzene rings is 1. The molecule has 4 heteroatoms. The standard InChI is InChI=1S/C15H18N2O2/c1-18-12-5-3-11(4-6-12)15-17-13-7-2-10(9-16)8-14(13)19-15/h3-6,10H,2,7-9,16H2,1H3. The van der Waals surface area contributed by atoms with E-state index in [0.29, 0.717) is 11.8 Å². The Morgan fingerprint density at radius 2 is 2.16 bits per heavy atom. The van der Waals surface area contributed by atoms with Gasteiger partial charge in [0.25, 0.3) is 0 Å². The van der Waals surface area contributed by atoms with E-state index in [4.69, 9.17) is 14.9 Å². The van der Waals surface area contributed by atoms with E-state index in [-0.39, 0.29) is 0 Å². The zero-order valence-electron chi connectivity index (χ0n) is 11.1. The van der Waals surface area contributed by atoms with Crippen molar-refractivity contribution in [1.82, 2.24) is 4.98 Å². The summed E-state index contributed by atoms with van der Waals surface area (Å²) in [6.45, 7) is 0.720. The predicted molar refractivity (Wildman–Crippen MR) is 73.1 cm³/mol. The fourth-order valence-corrected chi connectivity index (χ4v) is 2.50. The van der Waals surface area contributed by atoms with Crippen molar-refractivity contribution in [3.8, 4) is 17.2 Å². The maximum atomic E-state index is 5.89. The Kier molecular flexibility index (Phi) is 3.25. The molecule has 0 fully saturated rings. The van der Waals surface area contributed by atoms with Crippen LogP contribution in [-0.2, 0) is 12.8 Å². The van der Waals surface area contributed by atoms with Crippen molar-refractivity contribution in [2.75, 3.05) is 13.7 Å². The van der Waals surface area contributed by atoms with Crippen molar-refractivity contribution in [1.29, 1.82) is 0 Å². The van der Waals surface area contributed by atoms with Gasteiger partial charge >= 0.3 is 0 Å². The average Bonchev–Trinajstić information content (AvgIpc) is 2.90. The van der Waals surface area contributed by atoms with Crippen LogP contribution in [0.15, 0.2) is 28.7 Å². The van der Waals surface area contributed by atoms with E-state index in [1.165, 1.54) is 0 Å². The monoisotopic (exact) mass is 258 g/mol. The van der Waals surface area contributed by atoms with Gasteiger partial charge in [-0.15, -0.1) is 0 Å². The maximum Gasteiger partial charge on any atom is 0.226 e. The summed E-state index contributed by atoms with van der Waals surface area (Å²) in [5.41, 5.74) is 7.81. The van der Waals surface area contributed by atoms with E-state index in [9.17, 15) is 0 Å². The van der Waals surface area contributed by atoms with E-state index < -0.39 is 0 Å². The number of rotatable bonds is 3. The molecule has 0 saturated carbocycles. The van der Waals surface area contributed by atoms with Crippen molar-refractivity contribution >= 4 is 0 Å². The lowest BCUT2D eigenvalue weighted by Gasteiger charge is -2.17. The third-order valence-electron chi connectivity index (χ3n) is 3.71. The quantitative estimate of drug-likeness (QED) is 0.918. The van der Waals surface area contributed by atoms with E-state index in [1.54, 1.807) is 7.11 Å². The van der Waals surface area contributed by atoms with Gasteiger partial charge in [0, 0.05) is 12.0 Å². The fraction of sp³-hybridized carbons (Fsp3) is 0.400. The van der Waals surface area contributed by atoms with Gasteiger partial charge in [0.05, 0.1) is 12.8 Å². The van der Waals surface area contributed by atoms with Crippen LogP contribution in [0.4, 0.5) is 0 Å². The van der Waals surface area contributed by atoms with E-state index in [2.05, 4.69) is 4.98 Å². The summed E-state index contributed by atoms with van der Waals surface area (Å²) in [6.07, 6.45) is 2.99. The molecule has 0 radical (unpaired) electrons. The average molecular weight is 258 g/mol. The number of aryl methyl sites for hydroxylation is 1. The molecule has 100 valence electrons. The molecular formula is C15H18N2O2. The zero-order valence-corrected chi connectivity index (χ0v) is 11.1. The summed E-state index contributed by atoms with van der Waals surface area (Å²) in [4.78, 5) is 4.60. The molecule has 2 aromatic rings. The molecule has 1 atom stereocenters. The number of hydrogen-bond acceptors (Lipinski definition) is 4. The minimum absolute atomic E-state index is 0.532. The van der Waals surface area contributed by atoms with Crippen LogP contribution in [0.5, 0.6) is 5.75 Å². The second-order valence-electron chi connectivity index (χ2n) is 4.96. The lowest BCUT2D eigenvalue weighted by Crippen LogP contribution is -2.21. The summed E-state index contributed by atoms with van der Waals surface area (Å²) in [7, 11) is 1.66.